The number of rotatable bonds is 5. The molecule has 5 nitrogen and oxygen atoms in total. The average molecular weight is 285 g/mol. The van der Waals surface area contributed by atoms with Gasteiger partial charge in [-0.25, -0.2) is 4.79 Å². The fourth-order valence-corrected chi connectivity index (χ4v) is 1.75. The van der Waals surface area contributed by atoms with Crippen LogP contribution in [-0.2, 0) is 4.74 Å². The van der Waals surface area contributed by atoms with E-state index in [1.54, 1.807) is 55.6 Å². The zero-order valence-corrected chi connectivity index (χ0v) is 11.5. The van der Waals surface area contributed by atoms with Crippen molar-refractivity contribution < 1.29 is 19.1 Å². The Balaban J connectivity index is 1.97. The van der Waals surface area contributed by atoms with Gasteiger partial charge in [0.15, 0.2) is 12.4 Å². The molecule has 0 aliphatic carbocycles. The number of ketones is 1. The van der Waals surface area contributed by atoms with Crippen LogP contribution in [0.2, 0.25) is 0 Å². The highest BCUT2D eigenvalue weighted by Gasteiger charge is 2.13. The van der Waals surface area contributed by atoms with E-state index in [0.29, 0.717) is 17.0 Å². The monoisotopic (exact) mass is 285 g/mol. The Morgan fingerprint density at radius 3 is 2.33 bits per heavy atom. The van der Waals surface area contributed by atoms with Crippen molar-refractivity contribution in [2.24, 2.45) is 0 Å². The molecule has 0 saturated heterocycles. The number of nitrogen functional groups attached to an aromatic ring is 1. The summed E-state index contributed by atoms with van der Waals surface area (Å²) >= 11 is 0. The number of nitrogens with two attached hydrogens (primary N) is 1. The Hall–Kier alpha value is -2.82. The average Bonchev–Trinajstić information content (AvgIpc) is 2.52. The zero-order chi connectivity index (χ0) is 15.2. The minimum atomic E-state index is -0.616. The second kappa shape index (κ2) is 6.56. The minimum absolute atomic E-state index is 0.250. The van der Waals surface area contributed by atoms with Crippen LogP contribution in [0, 0.1) is 0 Å². The number of anilines is 1. The van der Waals surface area contributed by atoms with E-state index in [0.717, 1.165) is 0 Å². The molecule has 0 radical (unpaired) electrons. The maximum absolute atomic E-state index is 11.9. The van der Waals surface area contributed by atoms with Crippen molar-refractivity contribution in [1.82, 2.24) is 0 Å². The number of esters is 1. The molecule has 0 heterocycles. The van der Waals surface area contributed by atoms with Crippen molar-refractivity contribution in [3.8, 4) is 5.75 Å². The number of carbonyl (C=O) groups excluding carboxylic acids is 2. The molecule has 0 unspecified atom stereocenters. The molecule has 0 saturated carbocycles. The first-order valence-electron chi connectivity index (χ1n) is 6.30. The normalized spacial score (nSPS) is 9.95. The smallest absolute Gasteiger partial charge is 0.340 e. The van der Waals surface area contributed by atoms with Gasteiger partial charge in [0.1, 0.15) is 5.75 Å². The molecule has 5 heteroatoms. The number of methoxy groups -OCH3 is 1. The molecule has 0 bridgehead atoms. The van der Waals surface area contributed by atoms with Gasteiger partial charge >= 0.3 is 5.97 Å². The summed E-state index contributed by atoms with van der Waals surface area (Å²) in [6.45, 7) is -0.334. The number of carbonyl (C=O) groups is 2. The third kappa shape index (κ3) is 3.60. The van der Waals surface area contributed by atoms with Gasteiger partial charge in [0.05, 0.1) is 12.7 Å². The Morgan fingerprint density at radius 1 is 1.05 bits per heavy atom. The Bertz CT molecular complexity index is 650. The molecule has 0 aromatic heterocycles. The number of benzene rings is 2. The molecule has 0 aliphatic rings. The topological polar surface area (TPSA) is 78.6 Å². The SMILES string of the molecule is COc1ccc(C(=O)COC(=O)c2ccccc2N)cc1. The predicted molar refractivity (Wildman–Crippen MR) is 78.5 cm³/mol. The van der Waals surface area contributed by atoms with Crippen molar-refractivity contribution in [2.75, 3.05) is 19.5 Å². The number of Topliss-reactive ketones (excluding diaryl/α,β-unsaturated/α-hetero) is 1. The van der Waals surface area contributed by atoms with Crippen LogP contribution in [0.5, 0.6) is 5.75 Å². The number of hydrogen-bond donors (Lipinski definition) is 1. The Kier molecular flexibility index (Phi) is 4.56. The van der Waals surface area contributed by atoms with Gasteiger partial charge in [0.25, 0.3) is 0 Å². The molecule has 21 heavy (non-hydrogen) atoms. The highest BCUT2D eigenvalue weighted by molar-refractivity contribution is 6.00. The van der Waals surface area contributed by atoms with E-state index in [2.05, 4.69) is 0 Å². The summed E-state index contributed by atoms with van der Waals surface area (Å²) in [6, 6.07) is 13.1. The third-order valence-corrected chi connectivity index (χ3v) is 2.93. The highest BCUT2D eigenvalue weighted by atomic mass is 16.5. The molecular weight excluding hydrogens is 270 g/mol. The second-order valence-corrected chi connectivity index (χ2v) is 4.32. The Morgan fingerprint density at radius 2 is 1.71 bits per heavy atom. The van der Waals surface area contributed by atoms with Crippen molar-refractivity contribution in [2.45, 2.75) is 0 Å². The summed E-state index contributed by atoms with van der Waals surface area (Å²) in [5.74, 6) is -0.254. The molecule has 0 spiro atoms. The quantitative estimate of drug-likeness (QED) is 0.518. The van der Waals surface area contributed by atoms with E-state index in [4.69, 9.17) is 15.2 Å². The van der Waals surface area contributed by atoms with Crippen molar-refractivity contribution in [3.63, 3.8) is 0 Å². The standard InChI is InChI=1S/C16H15NO4/c1-20-12-8-6-11(7-9-12)15(18)10-21-16(19)13-4-2-3-5-14(13)17/h2-9H,10,17H2,1H3. The molecule has 2 aromatic carbocycles. The summed E-state index contributed by atoms with van der Waals surface area (Å²) in [5, 5.41) is 0. The fraction of sp³-hybridized carbons (Fsp3) is 0.125. The van der Waals surface area contributed by atoms with Crippen LogP contribution in [0.4, 0.5) is 5.69 Å². The van der Waals surface area contributed by atoms with E-state index in [1.165, 1.54) is 0 Å². The van der Waals surface area contributed by atoms with Crippen LogP contribution in [0.3, 0.4) is 0 Å². The van der Waals surface area contributed by atoms with Crippen LogP contribution in [0.1, 0.15) is 20.7 Å². The maximum Gasteiger partial charge on any atom is 0.340 e. The third-order valence-electron chi connectivity index (χ3n) is 2.93. The molecular formula is C16H15NO4. The molecule has 2 aromatic rings. The van der Waals surface area contributed by atoms with Gasteiger partial charge in [-0.2, -0.15) is 0 Å². The highest BCUT2D eigenvalue weighted by Crippen LogP contribution is 2.14. The maximum atomic E-state index is 11.9. The summed E-state index contributed by atoms with van der Waals surface area (Å²) in [5.41, 5.74) is 6.69. The van der Waals surface area contributed by atoms with E-state index in [1.807, 2.05) is 0 Å². The van der Waals surface area contributed by atoms with E-state index in [-0.39, 0.29) is 18.0 Å². The van der Waals surface area contributed by atoms with Gasteiger partial charge in [-0.1, -0.05) is 12.1 Å². The summed E-state index contributed by atoms with van der Waals surface area (Å²) in [4.78, 5) is 23.7. The van der Waals surface area contributed by atoms with Crippen LogP contribution in [-0.4, -0.2) is 25.5 Å². The van der Waals surface area contributed by atoms with Gasteiger partial charge < -0.3 is 15.2 Å². The lowest BCUT2D eigenvalue weighted by molar-refractivity contribution is 0.0476. The first-order chi connectivity index (χ1) is 10.1. The molecule has 0 fully saturated rings. The van der Waals surface area contributed by atoms with Crippen LogP contribution in [0.25, 0.3) is 0 Å². The van der Waals surface area contributed by atoms with Gasteiger partial charge in [0, 0.05) is 11.3 Å². The van der Waals surface area contributed by atoms with Gasteiger partial charge in [-0.3, -0.25) is 4.79 Å². The largest absolute Gasteiger partial charge is 0.497 e. The van der Waals surface area contributed by atoms with Crippen LogP contribution in [0.15, 0.2) is 48.5 Å². The number of para-hydroxylation sites is 1. The van der Waals surface area contributed by atoms with E-state index >= 15 is 0 Å². The van der Waals surface area contributed by atoms with Crippen molar-refractivity contribution >= 4 is 17.4 Å². The van der Waals surface area contributed by atoms with Crippen molar-refractivity contribution in [1.29, 1.82) is 0 Å². The fourth-order valence-electron chi connectivity index (χ4n) is 1.75. The lowest BCUT2D eigenvalue weighted by Crippen LogP contribution is -2.15. The Labute approximate surface area is 122 Å². The van der Waals surface area contributed by atoms with Gasteiger partial charge in [-0.15, -0.1) is 0 Å². The molecule has 2 rings (SSSR count). The van der Waals surface area contributed by atoms with Crippen LogP contribution < -0.4 is 10.5 Å². The van der Waals surface area contributed by atoms with E-state index in [9.17, 15) is 9.59 Å². The lowest BCUT2D eigenvalue weighted by atomic mass is 10.1. The number of hydrogen-bond acceptors (Lipinski definition) is 5. The molecule has 0 atom stereocenters. The first-order valence-corrected chi connectivity index (χ1v) is 6.30. The first kappa shape index (κ1) is 14.6. The summed E-state index contributed by atoms with van der Waals surface area (Å²) in [6.07, 6.45) is 0. The summed E-state index contributed by atoms with van der Waals surface area (Å²) < 4.78 is 9.99. The van der Waals surface area contributed by atoms with Crippen LogP contribution >= 0.6 is 0 Å². The van der Waals surface area contributed by atoms with E-state index < -0.39 is 5.97 Å². The second-order valence-electron chi connectivity index (χ2n) is 4.32. The van der Waals surface area contributed by atoms with Gasteiger partial charge in [-0.05, 0) is 36.4 Å². The minimum Gasteiger partial charge on any atom is -0.497 e. The molecule has 2 N–H and O–H groups in total. The molecule has 0 aliphatic heterocycles. The van der Waals surface area contributed by atoms with Crippen molar-refractivity contribution in [3.05, 3.63) is 59.7 Å². The predicted octanol–water partition coefficient (Wildman–Crippen LogP) is 2.32. The summed E-state index contributed by atoms with van der Waals surface area (Å²) in [7, 11) is 1.54. The molecule has 108 valence electrons. The van der Waals surface area contributed by atoms with Gasteiger partial charge in [0.2, 0.25) is 0 Å². The zero-order valence-electron chi connectivity index (χ0n) is 11.5. The number of ether oxygens (including phenoxy) is 2. The lowest BCUT2D eigenvalue weighted by Gasteiger charge is -2.06. The molecule has 0 amide bonds.